The van der Waals surface area contributed by atoms with E-state index in [1.54, 1.807) is 6.08 Å². The van der Waals surface area contributed by atoms with Crippen molar-refractivity contribution in [2.45, 2.75) is 370 Å². The van der Waals surface area contributed by atoms with Crippen LogP contribution in [0.1, 0.15) is 296 Å². The molecule has 14 nitrogen and oxygen atoms in total. The number of carbonyl (C=O) groups is 1. The van der Waals surface area contributed by atoms with Crippen molar-refractivity contribution in [3.63, 3.8) is 0 Å². The lowest BCUT2D eigenvalue weighted by Gasteiger charge is -2.46. The molecule has 0 aromatic heterocycles. The molecule has 2 fully saturated rings. The molecule has 12 atom stereocenters. The van der Waals surface area contributed by atoms with Gasteiger partial charge in [0.05, 0.1) is 32.0 Å². The van der Waals surface area contributed by atoms with Crippen LogP contribution in [0.4, 0.5) is 0 Å². The van der Waals surface area contributed by atoms with Crippen LogP contribution >= 0.6 is 0 Å². The van der Waals surface area contributed by atoms with Crippen LogP contribution in [0.2, 0.25) is 0 Å². The molecule has 2 aliphatic heterocycles. The minimum absolute atomic E-state index is 0.247. The zero-order valence-corrected chi connectivity index (χ0v) is 54.6. The number of ether oxygens (including phenoxy) is 4. The number of aliphatic hydroxyl groups excluding tert-OH is 8. The molecule has 0 spiro atoms. The molecule has 2 heterocycles. The molecule has 86 heavy (non-hydrogen) atoms. The highest BCUT2D eigenvalue weighted by molar-refractivity contribution is 5.76. The molecular weight excluding hydrogens is 1090 g/mol. The molecule has 0 aromatic rings. The van der Waals surface area contributed by atoms with E-state index in [4.69, 9.17) is 18.9 Å². The lowest BCUT2D eigenvalue weighted by molar-refractivity contribution is -0.359. The fraction of sp³-hybridized carbons (Fsp3) is 0.847. The van der Waals surface area contributed by atoms with Gasteiger partial charge >= 0.3 is 0 Å². The Morgan fingerprint density at radius 3 is 1.22 bits per heavy atom. The largest absolute Gasteiger partial charge is 0.394 e. The maximum absolute atomic E-state index is 13.3. The first kappa shape index (κ1) is 79.8. The highest BCUT2D eigenvalue weighted by Gasteiger charge is 2.51. The Bertz CT molecular complexity index is 1670. The van der Waals surface area contributed by atoms with Crippen molar-refractivity contribution in [1.82, 2.24) is 5.32 Å². The normalized spacial score (nSPS) is 23.7. The third kappa shape index (κ3) is 40.4. The van der Waals surface area contributed by atoms with E-state index >= 15 is 0 Å². The summed E-state index contributed by atoms with van der Waals surface area (Å²) >= 11 is 0. The second-order valence-corrected chi connectivity index (χ2v) is 25.0. The van der Waals surface area contributed by atoms with E-state index in [0.717, 1.165) is 44.9 Å². The van der Waals surface area contributed by atoms with E-state index in [9.17, 15) is 45.6 Å². The second kappa shape index (κ2) is 56.7. The van der Waals surface area contributed by atoms with Gasteiger partial charge in [-0.05, 0) is 70.6 Å². The van der Waals surface area contributed by atoms with Crippen molar-refractivity contribution < 1.29 is 64.6 Å². The average Bonchev–Trinajstić information content (AvgIpc) is 1.60. The Morgan fingerprint density at radius 2 is 0.779 bits per heavy atom. The fourth-order valence-electron chi connectivity index (χ4n) is 11.5. The zero-order chi connectivity index (χ0) is 62.3. The number of hydrogen-bond donors (Lipinski definition) is 9. The van der Waals surface area contributed by atoms with E-state index in [0.29, 0.717) is 12.8 Å². The lowest BCUT2D eigenvalue weighted by atomic mass is 9.97. The van der Waals surface area contributed by atoms with Crippen molar-refractivity contribution in [1.29, 1.82) is 0 Å². The van der Waals surface area contributed by atoms with E-state index in [1.165, 1.54) is 218 Å². The van der Waals surface area contributed by atoms with Gasteiger partial charge in [-0.25, -0.2) is 0 Å². The molecule has 2 rings (SSSR count). The van der Waals surface area contributed by atoms with Gasteiger partial charge in [-0.15, -0.1) is 0 Å². The molecule has 2 saturated heterocycles. The third-order valence-corrected chi connectivity index (χ3v) is 17.2. The quantitative estimate of drug-likeness (QED) is 0.0204. The predicted octanol–water partition coefficient (Wildman–Crippen LogP) is 14.5. The van der Waals surface area contributed by atoms with Gasteiger partial charge in [-0.1, -0.05) is 280 Å². The number of hydrogen-bond acceptors (Lipinski definition) is 13. The summed E-state index contributed by atoms with van der Waals surface area (Å²) in [6.07, 6.45) is 59.0. The van der Waals surface area contributed by atoms with Crippen LogP contribution in [0.3, 0.4) is 0 Å². The molecule has 502 valence electrons. The average molecular weight is 1220 g/mol. The van der Waals surface area contributed by atoms with Crippen LogP contribution in [0.25, 0.3) is 0 Å². The summed E-state index contributed by atoms with van der Waals surface area (Å²) in [7, 11) is 0. The van der Waals surface area contributed by atoms with Gasteiger partial charge in [-0.2, -0.15) is 0 Å². The van der Waals surface area contributed by atoms with E-state index in [1.807, 2.05) is 6.08 Å². The van der Waals surface area contributed by atoms with Crippen LogP contribution in [-0.4, -0.2) is 140 Å². The van der Waals surface area contributed by atoms with Crippen molar-refractivity contribution in [2.75, 3.05) is 19.8 Å². The van der Waals surface area contributed by atoms with E-state index in [2.05, 4.69) is 67.8 Å². The van der Waals surface area contributed by atoms with Gasteiger partial charge in [-0.3, -0.25) is 4.79 Å². The van der Waals surface area contributed by atoms with Gasteiger partial charge in [0, 0.05) is 6.42 Å². The first-order valence-corrected chi connectivity index (χ1v) is 35.5. The summed E-state index contributed by atoms with van der Waals surface area (Å²) in [5, 5.41) is 87.0. The highest BCUT2D eigenvalue weighted by Crippen LogP contribution is 2.30. The summed E-state index contributed by atoms with van der Waals surface area (Å²) in [6, 6.07) is -0.930. The number of unbranched alkanes of at least 4 members (excludes halogenated alkanes) is 37. The Hall–Kier alpha value is -2.31. The number of nitrogens with one attached hydrogen (secondary N) is 1. The molecular formula is C72H131NO13. The van der Waals surface area contributed by atoms with Crippen LogP contribution in [0, 0.1) is 0 Å². The molecule has 12 unspecified atom stereocenters. The summed E-state index contributed by atoms with van der Waals surface area (Å²) < 4.78 is 22.8. The van der Waals surface area contributed by atoms with E-state index in [-0.39, 0.29) is 18.9 Å². The maximum Gasteiger partial charge on any atom is 0.220 e. The lowest BCUT2D eigenvalue weighted by Crippen LogP contribution is -2.65. The minimum atomic E-state index is -1.79. The molecule has 0 radical (unpaired) electrons. The minimum Gasteiger partial charge on any atom is -0.394 e. The van der Waals surface area contributed by atoms with E-state index < -0.39 is 86.8 Å². The van der Waals surface area contributed by atoms with Crippen molar-refractivity contribution in [2.24, 2.45) is 0 Å². The van der Waals surface area contributed by atoms with Crippen molar-refractivity contribution >= 4 is 5.91 Å². The van der Waals surface area contributed by atoms with Crippen LogP contribution in [0.15, 0.2) is 60.8 Å². The maximum atomic E-state index is 13.3. The smallest absolute Gasteiger partial charge is 0.220 e. The Balaban J connectivity index is 1.52. The highest BCUT2D eigenvalue weighted by atomic mass is 16.7. The monoisotopic (exact) mass is 1220 g/mol. The van der Waals surface area contributed by atoms with Crippen LogP contribution < -0.4 is 5.32 Å². The Kier molecular flexibility index (Phi) is 52.6. The Labute approximate surface area is 524 Å². The molecule has 2 aliphatic rings. The predicted molar refractivity (Wildman–Crippen MR) is 350 cm³/mol. The van der Waals surface area contributed by atoms with Crippen molar-refractivity contribution in [3.05, 3.63) is 60.8 Å². The number of amides is 1. The number of rotatable bonds is 58. The summed E-state index contributed by atoms with van der Waals surface area (Å²) in [6.45, 7) is 2.75. The van der Waals surface area contributed by atoms with Gasteiger partial charge in [0.25, 0.3) is 0 Å². The summed E-state index contributed by atoms with van der Waals surface area (Å²) in [5.74, 6) is -0.247. The Morgan fingerprint density at radius 1 is 0.419 bits per heavy atom. The first-order valence-electron chi connectivity index (χ1n) is 35.5. The molecule has 9 N–H and O–H groups in total. The summed E-state index contributed by atoms with van der Waals surface area (Å²) in [5.41, 5.74) is 0. The SMILES string of the molecule is CCCCCCC/C=C\C/C=C\C/C=C\CCCCCCCCCCCCCCCCCCCCCCCCCCCCC(=O)NC(COC1OC(CO)C(OC2OC(CO)C(O)C(O)C2O)C(O)C1O)C(O)/C=C/CC/C=C/CCCCCCC. The standard InChI is InChI=1S/C72H131NO13/c1-3-5-7-9-11-13-15-16-17-18-19-20-21-22-23-24-25-26-27-28-29-30-31-32-33-34-35-36-37-38-39-40-41-42-43-44-46-48-50-52-54-56-64(77)73-60(61(76)55-53-51-49-47-45-14-12-10-8-6-4-2)59-83-71-69(82)67(80)70(63(58-75)85-71)86-72-68(81)66(79)65(78)62(57-74)84-72/h15-16,18-19,21-22,45,47,53,55,60-63,65-72,74-76,78-82H,3-14,17,20,23-44,46,48-52,54,56-59H2,1-2H3,(H,73,77)/b16-15-,19-18-,22-21-,47-45+,55-53+. The topological polar surface area (TPSA) is 228 Å². The van der Waals surface area contributed by atoms with Gasteiger partial charge in [0.1, 0.15) is 48.8 Å². The number of allylic oxidation sites excluding steroid dienone is 9. The number of carbonyl (C=O) groups excluding carboxylic acids is 1. The molecule has 0 saturated carbocycles. The van der Waals surface area contributed by atoms with Crippen LogP contribution in [0.5, 0.6) is 0 Å². The van der Waals surface area contributed by atoms with Gasteiger partial charge in [0.2, 0.25) is 5.91 Å². The molecule has 1 amide bonds. The van der Waals surface area contributed by atoms with Gasteiger partial charge in [0.15, 0.2) is 12.6 Å². The fourth-order valence-corrected chi connectivity index (χ4v) is 11.5. The molecule has 14 heteroatoms. The number of aliphatic hydroxyl groups is 8. The molecule has 0 aliphatic carbocycles. The van der Waals surface area contributed by atoms with Gasteiger partial charge < -0.3 is 65.1 Å². The second-order valence-electron chi connectivity index (χ2n) is 25.0. The van der Waals surface area contributed by atoms with Crippen LogP contribution in [-0.2, 0) is 23.7 Å². The molecule has 0 bridgehead atoms. The summed E-state index contributed by atoms with van der Waals surface area (Å²) in [4.78, 5) is 13.3. The third-order valence-electron chi connectivity index (χ3n) is 17.2. The zero-order valence-electron chi connectivity index (χ0n) is 54.6. The van der Waals surface area contributed by atoms with Crippen molar-refractivity contribution in [3.8, 4) is 0 Å². The molecule has 0 aromatic carbocycles. The first-order chi connectivity index (χ1) is 42.1.